The number of pyridine rings is 1. The van der Waals surface area contributed by atoms with Crippen molar-refractivity contribution in [1.82, 2.24) is 14.6 Å². The van der Waals surface area contributed by atoms with E-state index in [9.17, 15) is 0 Å². The van der Waals surface area contributed by atoms with Crippen molar-refractivity contribution in [1.29, 1.82) is 0 Å². The van der Waals surface area contributed by atoms with Gasteiger partial charge in [-0.15, -0.1) is 10.2 Å². The number of hydrogen-bond donors (Lipinski definition) is 0. The molecule has 3 nitrogen and oxygen atoms in total. The summed E-state index contributed by atoms with van der Waals surface area (Å²) in [6.07, 6.45) is 1.78. The van der Waals surface area contributed by atoms with E-state index in [0.29, 0.717) is 15.7 Å². The first-order chi connectivity index (χ1) is 9.65. The van der Waals surface area contributed by atoms with Crippen molar-refractivity contribution in [2.24, 2.45) is 0 Å². The summed E-state index contributed by atoms with van der Waals surface area (Å²) >= 11 is 13.8. The summed E-state index contributed by atoms with van der Waals surface area (Å²) in [5.74, 6) is 0. The molecule has 0 saturated carbocycles. The topological polar surface area (TPSA) is 30.2 Å². The summed E-state index contributed by atoms with van der Waals surface area (Å²) < 4.78 is 1.83. The smallest absolute Gasteiger partial charge is 0.196 e. The number of hydrogen-bond acceptors (Lipinski definition) is 3. The quantitative estimate of drug-likeness (QED) is 0.643. The average molecular weight is 324 g/mol. The Morgan fingerprint density at radius 2 is 1.90 bits per heavy atom. The first kappa shape index (κ1) is 13.7. The third-order valence-electron chi connectivity index (χ3n) is 2.95. The number of halogens is 2. The molecule has 1 atom stereocenters. The van der Waals surface area contributed by atoms with Crippen molar-refractivity contribution in [2.45, 2.75) is 17.3 Å². The van der Waals surface area contributed by atoms with Crippen LogP contribution in [0.1, 0.15) is 17.7 Å². The predicted molar refractivity (Wildman–Crippen MR) is 83.7 cm³/mol. The summed E-state index contributed by atoms with van der Waals surface area (Å²) in [5, 5.41) is 10.4. The van der Waals surface area contributed by atoms with E-state index in [1.807, 2.05) is 22.6 Å². The zero-order chi connectivity index (χ0) is 14.1. The van der Waals surface area contributed by atoms with Crippen molar-refractivity contribution in [2.75, 3.05) is 0 Å². The monoisotopic (exact) mass is 323 g/mol. The molecule has 0 saturated heterocycles. The minimum Gasteiger partial charge on any atom is -0.275 e. The molecule has 0 fully saturated rings. The molecule has 2 aromatic heterocycles. The van der Waals surface area contributed by atoms with Crippen molar-refractivity contribution in [3.63, 3.8) is 0 Å². The minimum atomic E-state index is 0.265. The van der Waals surface area contributed by atoms with Crippen LogP contribution < -0.4 is 0 Å². The van der Waals surface area contributed by atoms with Crippen LogP contribution >= 0.6 is 35.0 Å². The van der Waals surface area contributed by atoms with Crippen LogP contribution in [0.3, 0.4) is 0 Å². The van der Waals surface area contributed by atoms with Crippen molar-refractivity contribution >= 4 is 40.6 Å². The minimum absolute atomic E-state index is 0.265. The molecule has 6 heteroatoms. The Labute approximate surface area is 130 Å². The van der Waals surface area contributed by atoms with Gasteiger partial charge in [0.05, 0.1) is 10.0 Å². The van der Waals surface area contributed by atoms with Gasteiger partial charge in [-0.05, 0) is 18.6 Å². The van der Waals surface area contributed by atoms with Gasteiger partial charge in [-0.1, -0.05) is 65.3 Å². The molecule has 0 amide bonds. The molecule has 0 spiro atoms. The highest BCUT2D eigenvalue weighted by Gasteiger charge is 2.14. The summed E-state index contributed by atoms with van der Waals surface area (Å²) in [5.41, 5.74) is 1.86. The van der Waals surface area contributed by atoms with Gasteiger partial charge in [0.1, 0.15) is 0 Å². The highest BCUT2D eigenvalue weighted by molar-refractivity contribution is 7.99. The average Bonchev–Trinajstić information content (AvgIpc) is 2.83. The molecular formula is C14H11Cl2N3S. The number of fused-ring (bicyclic) bond motifs is 1. The Bertz CT molecular complexity index is 743. The summed E-state index contributed by atoms with van der Waals surface area (Å²) in [6, 6.07) is 11.9. The Hall–Kier alpha value is -1.23. The Balaban J connectivity index is 1.95. The lowest BCUT2D eigenvalue weighted by Crippen LogP contribution is -1.92. The highest BCUT2D eigenvalue weighted by Crippen LogP contribution is 2.34. The molecule has 0 bridgehead atoms. The summed E-state index contributed by atoms with van der Waals surface area (Å²) in [4.78, 5) is 0. The zero-order valence-electron chi connectivity index (χ0n) is 10.6. The second kappa shape index (κ2) is 5.64. The van der Waals surface area contributed by atoms with Crippen molar-refractivity contribution < 1.29 is 0 Å². The molecular weight excluding hydrogens is 313 g/mol. The van der Waals surface area contributed by atoms with E-state index in [1.54, 1.807) is 24.0 Å². The van der Waals surface area contributed by atoms with E-state index in [0.717, 1.165) is 5.16 Å². The van der Waals surface area contributed by atoms with E-state index in [4.69, 9.17) is 23.2 Å². The second-order valence-corrected chi connectivity index (χ2v) is 6.50. The lowest BCUT2D eigenvalue weighted by Gasteiger charge is -2.10. The third kappa shape index (κ3) is 2.64. The number of thioether (sulfide) groups is 1. The molecule has 20 heavy (non-hydrogen) atoms. The van der Waals surface area contributed by atoms with Gasteiger partial charge >= 0.3 is 0 Å². The van der Waals surface area contributed by atoms with E-state index in [-0.39, 0.29) is 5.25 Å². The largest absolute Gasteiger partial charge is 0.275 e. The first-order valence-electron chi connectivity index (χ1n) is 6.06. The van der Waals surface area contributed by atoms with Crippen LogP contribution in [0.25, 0.3) is 5.65 Å². The van der Waals surface area contributed by atoms with Crippen LogP contribution in [-0.4, -0.2) is 14.6 Å². The van der Waals surface area contributed by atoms with Crippen LogP contribution in [0.4, 0.5) is 0 Å². The Kier molecular flexibility index (Phi) is 3.87. The predicted octanol–water partition coefficient (Wildman–Crippen LogP) is 4.89. The third-order valence-corrected chi connectivity index (χ3v) is 4.55. The molecule has 0 aliphatic carbocycles. The van der Waals surface area contributed by atoms with Crippen LogP contribution in [0.2, 0.25) is 10.0 Å². The van der Waals surface area contributed by atoms with Crippen LogP contribution in [-0.2, 0) is 0 Å². The lowest BCUT2D eigenvalue weighted by atomic mass is 10.2. The highest BCUT2D eigenvalue weighted by atomic mass is 35.5. The molecule has 0 aliphatic rings. The van der Waals surface area contributed by atoms with Gasteiger partial charge in [-0.25, -0.2) is 0 Å². The number of benzene rings is 1. The fraction of sp³-hybridized carbons (Fsp3) is 0.143. The number of aromatic nitrogens is 3. The summed E-state index contributed by atoms with van der Waals surface area (Å²) in [7, 11) is 0. The molecule has 3 aromatic rings. The maximum Gasteiger partial charge on any atom is 0.196 e. The Morgan fingerprint density at radius 1 is 1.15 bits per heavy atom. The molecule has 0 unspecified atom stereocenters. The van der Waals surface area contributed by atoms with E-state index in [2.05, 4.69) is 29.3 Å². The standard InChI is InChI=1S/C14H11Cl2N3S/c1-9(10-5-3-2-4-6-10)20-14-18-17-13-12(16)7-11(15)8-19(13)14/h2-9H,1H3/t9-/m1/s1. The fourth-order valence-electron chi connectivity index (χ4n) is 1.93. The normalized spacial score (nSPS) is 12.8. The van der Waals surface area contributed by atoms with Gasteiger partial charge in [0.2, 0.25) is 0 Å². The molecule has 0 radical (unpaired) electrons. The van der Waals surface area contributed by atoms with E-state index >= 15 is 0 Å². The second-order valence-electron chi connectivity index (χ2n) is 4.35. The Morgan fingerprint density at radius 3 is 2.65 bits per heavy atom. The van der Waals surface area contributed by atoms with Gasteiger partial charge in [-0.2, -0.15) is 0 Å². The van der Waals surface area contributed by atoms with Crippen LogP contribution in [0.5, 0.6) is 0 Å². The van der Waals surface area contributed by atoms with E-state index < -0.39 is 0 Å². The van der Waals surface area contributed by atoms with Gasteiger partial charge in [0.25, 0.3) is 0 Å². The molecule has 0 N–H and O–H groups in total. The molecule has 3 rings (SSSR count). The van der Waals surface area contributed by atoms with Gasteiger partial charge < -0.3 is 0 Å². The molecule has 1 aromatic carbocycles. The van der Waals surface area contributed by atoms with Crippen molar-refractivity contribution in [3.8, 4) is 0 Å². The SMILES string of the molecule is C[C@@H](Sc1nnc2c(Cl)cc(Cl)cn12)c1ccccc1. The van der Waals surface area contributed by atoms with Crippen LogP contribution in [0.15, 0.2) is 47.8 Å². The van der Waals surface area contributed by atoms with Crippen molar-refractivity contribution in [3.05, 3.63) is 58.2 Å². The summed E-state index contributed by atoms with van der Waals surface area (Å²) in [6.45, 7) is 2.13. The zero-order valence-corrected chi connectivity index (χ0v) is 13.0. The van der Waals surface area contributed by atoms with Gasteiger partial charge in [0, 0.05) is 11.4 Å². The fourth-order valence-corrected chi connectivity index (χ4v) is 3.39. The first-order valence-corrected chi connectivity index (χ1v) is 7.70. The lowest BCUT2D eigenvalue weighted by molar-refractivity contribution is 0.911. The number of rotatable bonds is 3. The maximum absolute atomic E-state index is 6.11. The van der Waals surface area contributed by atoms with E-state index in [1.165, 1.54) is 5.56 Å². The van der Waals surface area contributed by atoms with Gasteiger partial charge in [0.15, 0.2) is 10.8 Å². The molecule has 102 valence electrons. The maximum atomic E-state index is 6.11. The molecule has 2 heterocycles. The van der Waals surface area contributed by atoms with Crippen LogP contribution in [0, 0.1) is 0 Å². The number of nitrogens with zero attached hydrogens (tertiary/aromatic N) is 3. The van der Waals surface area contributed by atoms with Gasteiger partial charge in [-0.3, -0.25) is 4.40 Å². The molecule has 0 aliphatic heterocycles.